The molecule has 0 bridgehead atoms. The molecule has 8 rings (SSSR count). The largest absolute Gasteiger partial charge is 0.558 e. The molecule has 8 aromatic rings. The minimum absolute atomic E-state index is 0. The van der Waals surface area contributed by atoms with Crippen molar-refractivity contribution in [1.82, 2.24) is 0 Å². The molecule has 0 amide bonds. The van der Waals surface area contributed by atoms with Crippen LogP contribution < -0.4 is 0 Å². The zero-order valence-electron chi connectivity index (χ0n) is 35.0. The van der Waals surface area contributed by atoms with Crippen molar-refractivity contribution in [3.8, 4) is 66.8 Å². The third-order valence-electron chi connectivity index (χ3n) is 10.7. The smallest absolute Gasteiger partial charge is 0.200 e. The molecule has 0 nitrogen and oxygen atoms in total. The zero-order chi connectivity index (χ0) is 57.1. The summed E-state index contributed by atoms with van der Waals surface area (Å²) in [7, 11) is 0. The van der Waals surface area contributed by atoms with Gasteiger partial charge in [-0.25, -0.2) is 128 Å². The minimum Gasteiger partial charge on any atom is -0.558 e. The van der Waals surface area contributed by atoms with Gasteiger partial charge in [-0.1, -0.05) is 22.3 Å². The van der Waals surface area contributed by atoms with Gasteiger partial charge in [-0.3, -0.25) is 0 Å². The van der Waals surface area contributed by atoms with Gasteiger partial charge in [0, 0.05) is 28.2 Å². The van der Waals surface area contributed by atoms with E-state index in [0.29, 0.717) is 0 Å². The first kappa shape index (κ1) is 58.7. The van der Waals surface area contributed by atoms with Crippen molar-refractivity contribution in [1.29, 1.82) is 0 Å². The number of hydrogen-bond acceptors (Lipinski definition) is 0. The number of hydrogen-bond donors (Lipinski definition) is 0. The van der Waals surface area contributed by atoms with E-state index < -0.39 is 241 Å². The van der Waals surface area contributed by atoms with Gasteiger partial charge < -0.3 is 43.2 Å². The van der Waals surface area contributed by atoms with E-state index in [4.69, 9.17) is 0 Å². The van der Waals surface area contributed by atoms with E-state index in [1.54, 1.807) is 0 Å². The monoisotopic (exact) mass is 1180 g/mol. The SMILES string of the molecule is Fc1c(F)c(F)c(-[c-]2[cH-][c-](-c3c(F)c(F)c(F)c(F)c3F)[c-](-c3c(F)c(F)c(F)c(F)c3F)[cH-]2)c(F)c1F.Fc1c(F)c(F)c(-c2cc(-c3c(F)c(F)c(F)c(F)c3F)[c-](-c3c(F)c(F)c(F)c(F)c3F)c2)c(F)c1F.[Fe]. The van der Waals surface area contributed by atoms with Crippen molar-refractivity contribution >= 4 is 0 Å². The molecule has 0 spiro atoms. The number of halogens is 30. The molecule has 0 saturated carbocycles. The summed E-state index contributed by atoms with van der Waals surface area (Å²) in [5, 5.41) is 0. The minimum atomic E-state index is -2.75. The summed E-state index contributed by atoms with van der Waals surface area (Å²) >= 11 is 0. The molecule has 0 aliphatic carbocycles. The molecule has 0 heterocycles. The van der Waals surface area contributed by atoms with Crippen LogP contribution in [-0.2, 0) is 17.1 Å². The third-order valence-corrected chi connectivity index (χ3v) is 10.7. The first-order chi connectivity index (χ1) is 35.3. The molecule has 0 radical (unpaired) electrons. The van der Waals surface area contributed by atoms with Crippen LogP contribution in [0.4, 0.5) is 132 Å². The van der Waals surface area contributed by atoms with E-state index in [2.05, 4.69) is 0 Å². The Balaban J connectivity index is 0.000000246. The van der Waals surface area contributed by atoms with Crippen LogP contribution in [0.25, 0.3) is 66.8 Å². The quantitative estimate of drug-likeness (QED) is 0.0512. The van der Waals surface area contributed by atoms with Gasteiger partial charge in [0.1, 0.15) is 34.9 Å². The van der Waals surface area contributed by atoms with Gasteiger partial charge in [-0.15, -0.1) is 23.8 Å². The molecule has 412 valence electrons. The maximum atomic E-state index is 14.5. The molecule has 0 saturated heterocycles. The first-order valence-corrected chi connectivity index (χ1v) is 19.0. The fourth-order valence-corrected chi connectivity index (χ4v) is 7.21. The molecule has 0 N–H and O–H groups in total. The summed E-state index contributed by atoms with van der Waals surface area (Å²) in [4.78, 5) is 0. The number of rotatable bonds is 6. The predicted molar refractivity (Wildman–Crippen MR) is 195 cm³/mol. The van der Waals surface area contributed by atoms with E-state index in [1.807, 2.05) is 0 Å². The standard InChI is InChI=1S/2C23H2F15.Fe/c2*24-9-6(10(25)16(31)21(36)15(9)30)3-1-4(7-11(26)17(32)22(37)18(33)12(7)27)5(2-3)8-13(28)19(34)23(38)20(35)14(8)29;/h2*1-2H;/q-5;-1;. The Morgan fingerprint density at radius 1 is 0.234 bits per heavy atom. The molecule has 0 unspecified atom stereocenters. The molecular formula is C46H4F30Fe-6. The van der Waals surface area contributed by atoms with Crippen LogP contribution in [0, 0.1) is 175 Å². The van der Waals surface area contributed by atoms with Gasteiger partial charge in [-0.2, -0.15) is 0 Å². The summed E-state index contributed by atoms with van der Waals surface area (Å²) in [6, 6.07) is -0.151. The van der Waals surface area contributed by atoms with Crippen molar-refractivity contribution in [2.45, 2.75) is 0 Å². The van der Waals surface area contributed by atoms with E-state index >= 15 is 0 Å². The third kappa shape index (κ3) is 8.88. The summed E-state index contributed by atoms with van der Waals surface area (Å²) < 4.78 is 420. The Morgan fingerprint density at radius 3 is 0.714 bits per heavy atom. The van der Waals surface area contributed by atoms with Gasteiger partial charge in [-0.05, 0) is 5.56 Å². The molecule has 8 aromatic carbocycles. The van der Waals surface area contributed by atoms with Crippen LogP contribution in [0.2, 0.25) is 0 Å². The van der Waals surface area contributed by atoms with Gasteiger partial charge >= 0.3 is 0 Å². The van der Waals surface area contributed by atoms with Crippen LogP contribution in [0.3, 0.4) is 0 Å². The zero-order valence-corrected chi connectivity index (χ0v) is 36.1. The summed E-state index contributed by atoms with van der Waals surface area (Å²) in [5.74, 6) is -80.4. The van der Waals surface area contributed by atoms with Gasteiger partial charge in [0.15, 0.2) is 98.9 Å². The second kappa shape index (κ2) is 20.8. The van der Waals surface area contributed by atoms with E-state index in [-0.39, 0.29) is 41.3 Å². The first-order valence-electron chi connectivity index (χ1n) is 19.0. The summed E-state index contributed by atoms with van der Waals surface area (Å²) in [6.07, 6.45) is 0. The topological polar surface area (TPSA) is 0 Å². The predicted octanol–water partition coefficient (Wildman–Crippen LogP) is 17.0. The summed E-state index contributed by atoms with van der Waals surface area (Å²) in [5.41, 5.74) is -21.5. The molecule has 77 heavy (non-hydrogen) atoms. The summed E-state index contributed by atoms with van der Waals surface area (Å²) in [6.45, 7) is 0. The molecule has 31 heteroatoms. The molecule has 0 fully saturated rings. The molecule has 0 aliphatic rings. The second-order valence-electron chi connectivity index (χ2n) is 14.8. The maximum Gasteiger partial charge on any atom is 0.200 e. The number of benzene rings is 6. The van der Waals surface area contributed by atoms with Crippen LogP contribution in [-0.4, -0.2) is 0 Å². The maximum absolute atomic E-state index is 14.5. The van der Waals surface area contributed by atoms with Gasteiger partial charge in [0.05, 0.1) is 23.3 Å². The van der Waals surface area contributed by atoms with Crippen LogP contribution >= 0.6 is 0 Å². The van der Waals surface area contributed by atoms with Crippen molar-refractivity contribution in [2.75, 3.05) is 0 Å². The normalized spacial score (nSPS) is 11.4. The van der Waals surface area contributed by atoms with Crippen molar-refractivity contribution < 1.29 is 149 Å². The van der Waals surface area contributed by atoms with Crippen LogP contribution in [0.15, 0.2) is 24.3 Å². The Hall–Kier alpha value is -7.56. The fourth-order valence-electron chi connectivity index (χ4n) is 7.21. The van der Waals surface area contributed by atoms with Crippen LogP contribution in [0.5, 0.6) is 0 Å². The van der Waals surface area contributed by atoms with E-state index in [9.17, 15) is 132 Å². The van der Waals surface area contributed by atoms with Gasteiger partial charge in [0.2, 0.25) is 5.82 Å². The van der Waals surface area contributed by atoms with Crippen molar-refractivity contribution in [2.24, 2.45) is 0 Å². The Morgan fingerprint density at radius 2 is 0.442 bits per heavy atom. The van der Waals surface area contributed by atoms with Gasteiger partial charge in [0.25, 0.3) is 0 Å². The van der Waals surface area contributed by atoms with E-state index in [1.165, 1.54) is 0 Å². The average molecular weight is 1180 g/mol. The fraction of sp³-hybridized carbons (Fsp3) is 0. The second-order valence-corrected chi connectivity index (χ2v) is 14.8. The Bertz CT molecular complexity index is 3240. The average Bonchev–Trinajstić information content (AvgIpc) is 4.01. The van der Waals surface area contributed by atoms with Crippen LogP contribution in [0.1, 0.15) is 0 Å². The molecular weight excluding hydrogens is 1180 g/mol. The van der Waals surface area contributed by atoms with Crippen molar-refractivity contribution in [3.63, 3.8) is 0 Å². The Kier molecular flexibility index (Phi) is 15.8. The van der Waals surface area contributed by atoms with Crippen molar-refractivity contribution in [3.05, 3.63) is 199 Å². The van der Waals surface area contributed by atoms with E-state index in [0.717, 1.165) is 0 Å². The molecule has 0 aliphatic heterocycles. The molecule has 0 aromatic heterocycles. The molecule has 0 atom stereocenters. The Labute approximate surface area is 413 Å².